The van der Waals surface area contributed by atoms with E-state index in [1.54, 1.807) is 12.1 Å². The lowest BCUT2D eigenvalue weighted by Gasteiger charge is -2.05. The summed E-state index contributed by atoms with van der Waals surface area (Å²) < 4.78 is 0. The Balaban J connectivity index is 2.69. The fourth-order valence-corrected chi connectivity index (χ4v) is 0.854. The van der Waals surface area contributed by atoms with Crippen LogP contribution in [0.15, 0.2) is 12.1 Å². The maximum atomic E-state index is 8.54. The second-order valence-corrected chi connectivity index (χ2v) is 2.52. The molecule has 0 spiro atoms. The van der Waals surface area contributed by atoms with Crippen LogP contribution in [0, 0.1) is 6.92 Å². The minimum Gasteiger partial charge on any atom is -0.397 e. The van der Waals surface area contributed by atoms with Gasteiger partial charge in [-0.2, -0.15) is 0 Å². The van der Waals surface area contributed by atoms with E-state index in [1.807, 2.05) is 6.92 Å². The van der Waals surface area contributed by atoms with Crippen LogP contribution in [0.3, 0.4) is 0 Å². The smallest absolute Gasteiger partial charge is 0.126 e. The highest BCUT2D eigenvalue weighted by Gasteiger charge is 1.96. The molecule has 0 aliphatic rings. The first kappa shape index (κ1) is 8.80. The molecule has 0 aromatic carbocycles. The quantitative estimate of drug-likeness (QED) is 0.608. The number of aliphatic hydroxyl groups is 1. The lowest BCUT2D eigenvalue weighted by Crippen LogP contribution is -2.07. The molecule has 4 N–H and O–H groups in total. The molecule has 4 nitrogen and oxygen atoms in total. The molecular formula is C8H13N3O. The van der Waals surface area contributed by atoms with E-state index >= 15 is 0 Å². The first-order valence-corrected chi connectivity index (χ1v) is 3.82. The predicted octanol–water partition coefficient (Wildman–Crippen LogP) is 0.376. The Hall–Kier alpha value is -1.29. The summed E-state index contributed by atoms with van der Waals surface area (Å²) in [7, 11) is 0. The number of hydrogen-bond donors (Lipinski definition) is 3. The SMILES string of the molecule is Cc1nc(NCCO)ccc1N. The number of aryl methyl sites for hydroxylation is 1. The van der Waals surface area contributed by atoms with Crippen LogP contribution in [0.4, 0.5) is 11.5 Å². The number of rotatable bonds is 3. The van der Waals surface area contributed by atoms with E-state index in [1.165, 1.54) is 0 Å². The van der Waals surface area contributed by atoms with E-state index in [2.05, 4.69) is 10.3 Å². The van der Waals surface area contributed by atoms with Crippen molar-refractivity contribution in [3.05, 3.63) is 17.8 Å². The van der Waals surface area contributed by atoms with Crippen LogP contribution in [-0.2, 0) is 0 Å². The first-order valence-electron chi connectivity index (χ1n) is 3.82. The van der Waals surface area contributed by atoms with Gasteiger partial charge in [-0.25, -0.2) is 4.98 Å². The molecule has 1 rings (SSSR count). The molecule has 12 heavy (non-hydrogen) atoms. The average molecular weight is 167 g/mol. The monoisotopic (exact) mass is 167 g/mol. The Kier molecular flexibility index (Phi) is 2.88. The van der Waals surface area contributed by atoms with Gasteiger partial charge in [0.25, 0.3) is 0 Å². The number of aromatic nitrogens is 1. The zero-order valence-electron chi connectivity index (χ0n) is 7.04. The number of anilines is 2. The molecule has 0 fully saturated rings. The van der Waals surface area contributed by atoms with Crippen molar-refractivity contribution < 1.29 is 5.11 Å². The van der Waals surface area contributed by atoms with Gasteiger partial charge in [0.05, 0.1) is 18.0 Å². The van der Waals surface area contributed by atoms with Crippen LogP contribution in [-0.4, -0.2) is 23.2 Å². The Morgan fingerprint density at radius 1 is 1.58 bits per heavy atom. The molecule has 0 radical (unpaired) electrons. The maximum Gasteiger partial charge on any atom is 0.126 e. The van der Waals surface area contributed by atoms with Gasteiger partial charge in [0, 0.05) is 6.54 Å². The van der Waals surface area contributed by atoms with Gasteiger partial charge < -0.3 is 16.2 Å². The predicted molar refractivity (Wildman–Crippen MR) is 49.0 cm³/mol. The van der Waals surface area contributed by atoms with Gasteiger partial charge in [0.1, 0.15) is 5.82 Å². The highest BCUT2D eigenvalue weighted by Crippen LogP contribution is 2.10. The second kappa shape index (κ2) is 3.92. The molecule has 0 amide bonds. The van der Waals surface area contributed by atoms with Gasteiger partial charge in [0.2, 0.25) is 0 Å². The second-order valence-electron chi connectivity index (χ2n) is 2.52. The van der Waals surface area contributed by atoms with Crippen molar-refractivity contribution in [3.8, 4) is 0 Å². The Labute approximate surface area is 71.4 Å². The van der Waals surface area contributed by atoms with Crippen molar-refractivity contribution in [2.24, 2.45) is 0 Å². The number of hydrogen-bond acceptors (Lipinski definition) is 4. The third kappa shape index (κ3) is 2.10. The standard InChI is InChI=1S/C8H13N3O/c1-6-7(9)2-3-8(11-6)10-4-5-12/h2-3,12H,4-5,9H2,1H3,(H,10,11). The lowest BCUT2D eigenvalue weighted by atomic mass is 10.3. The molecule has 1 heterocycles. The fraction of sp³-hybridized carbons (Fsp3) is 0.375. The van der Waals surface area contributed by atoms with Crippen LogP contribution in [0.2, 0.25) is 0 Å². The van der Waals surface area contributed by atoms with E-state index in [9.17, 15) is 0 Å². The number of pyridine rings is 1. The zero-order valence-corrected chi connectivity index (χ0v) is 7.04. The number of aliphatic hydroxyl groups excluding tert-OH is 1. The first-order chi connectivity index (χ1) is 5.74. The minimum absolute atomic E-state index is 0.102. The van der Waals surface area contributed by atoms with E-state index in [4.69, 9.17) is 10.8 Å². The molecule has 1 aromatic heterocycles. The van der Waals surface area contributed by atoms with E-state index in [0.717, 1.165) is 11.5 Å². The van der Waals surface area contributed by atoms with Crippen molar-refractivity contribution in [3.63, 3.8) is 0 Å². The maximum absolute atomic E-state index is 8.54. The molecular weight excluding hydrogens is 154 g/mol. The van der Waals surface area contributed by atoms with Crippen molar-refractivity contribution in [1.29, 1.82) is 0 Å². The third-order valence-corrected chi connectivity index (χ3v) is 1.54. The van der Waals surface area contributed by atoms with Gasteiger partial charge in [-0.05, 0) is 19.1 Å². The Morgan fingerprint density at radius 3 is 2.92 bits per heavy atom. The summed E-state index contributed by atoms with van der Waals surface area (Å²) >= 11 is 0. The normalized spacial score (nSPS) is 9.83. The van der Waals surface area contributed by atoms with Gasteiger partial charge in [-0.3, -0.25) is 0 Å². The molecule has 0 bridgehead atoms. The van der Waals surface area contributed by atoms with Crippen LogP contribution in [0.25, 0.3) is 0 Å². The Morgan fingerprint density at radius 2 is 2.33 bits per heavy atom. The molecule has 66 valence electrons. The molecule has 4 heteroatoms. The van der Waals surface area contributed by atoms with Crippen molar-refractivity contribution >= 4 is 11.5 Å². The van der Waals surface area contributed by atoms with Crippen LogP contribution in [0.5, 0.6) is 0 Å². The molecule has 0 saturated heterocycles. The Bertz CT molecular complexity index is 262. The third-order valence-electron chi connectivity index (χ3n) is 1.54. The van der Waals surface area contributed by atoms with Gasteiger partial charge in [0.15, 0.2) is 0 Å². The largest absolute Gasteiger partial charge is 0.397 e. The zero-order chi connectivity index (χ0) is 8.97. The van der Waals surface area contributed by atoms with Gasteiger partial charge in [-0.15, -0.1) is 0 Å². The van der Waals surface area contributed by atoms with Crippen molar-refractivity contribution in [1.82, 2.24) is 4.98 Å². The number of nitrogens with two attached hydrogens (primary N) is 1. The molecule has 0 aliphatic carbocycles. The minimum atomic E-state index is 0.102. The average Bonchev–Trinajstić information content (AvgIpc) is 2.07. The summed E-state index contributed by atoms with van der Waals surface area (Å²) in [6.07, 6.45) is 0. The topological polar surface area (TPSA) is 71.2 Å². The molecule has 0 aliphatic heterocycles. The number of nitrogens with one attached hydrogen (secondary N) is 1. The van der Waals surface area contributed by atoms with Crippen LogP contribution in [0.1, 0.15) is 5.69 Å². The van der Waals surface area contributed by atoms with Crippen LogP contribution < -0.4 is 11.1 Å². The van der Waals surface area contributed by atoms with E-state index < -0.39 is 0 Å². The molecule has 0 atom stereocenters. The van der Waals surface area contributed by atoms with Gasteiger partial charge >= 0.3 is 0 Å². The summed E-state index contributed by atoms with van der Waals surface area (Å²) in [5.74, 6) is 0.746. The van der Waals surface area contributed by atoms with E-state index in [-0.39, 0.29) is 6.61 Å². The van der Waals surface area contributed by atoms with E-state index in [0.29, 0.717) is 12.2 Å². The van der Waals surface area contributed by atoms with Crippen LogP contribution >= 0.6 is 0 Å². The summed E-state index contributed by atoms with van der Waals surface area (Å²) in [4.78, 5) is 4.16. The fourth-order valence-electron chi connectivity index (χ4n) is 0.854. The van der Waals surface area contributed by atoms with Crippen molar-refractivity contribution in [2.45, 2.75) is 6.92 Å². The number of nitrogens with zero attached hydrogens (tertiary/aromatic N) is 1. The summed E-state index contributed by atoms with van der Waals surface area (Å²) in [5.41, 5.74) is 7.07. The number of nitrogen functional groups attached to an aromatic ring is 1. The highest BCUT2D eigenvalue weighted by atomic mass is 16.3. The van der Waals surface area contributed by atoms with Gasteiger partial charge in [-0.1, -0.05) is 0 Å². The molecule has 0 saturated carbocycles. The summed E-state index contributed by atoms with van der Waals surface area (Å²) in [6.45, 7) is 2.46. The molecule has 1 aromatic rings. The lowest BCUT2D eigenvalue weighted by molar-refractivity contribution is 0.311. The molecule has 0 unspecified atom stereocenters. The summed E-state index contributed by atoms with van der Waals surface area (Å²) in [6, 6.07) is 3.58. The highest BCUT2D eigenvalue weighted by molar-refractivity contribution is 5.48. The summed E-state index contributed by atoms with van der Waals surface area (Å²) in [5, 5.41) is 11.5. The van der Waals surface area contributed by atoms with Crippen molar-refractivity contribution in [2.75, 3.05) is 24.2 Å².